The highest BCUT2D eigenvalue weighted by molar-refractivity contribution is 6.23. The van der Waals surface area contributed by atoms with Gasteiger partial charge >= 0.3 is 12.0 Å². The molecule has 0 saturated carbocycles. The normalized spacial score (nSPS) is 29.1. The lowest BCUT2D eigenvalue weighted by molar-refractivity contribution is -0.559. The van der Waals surface area contributed by atoms with Gasteiger partial charge in [-0.15, -0.1) is 10.1 Å². The number of hydrogen-bond donors (Lipinski definition) is 0. The Morgan fingerprint density at radius 1 is 1.07 bits per heavy atom. The van der Waals surface area contributed by atoms with Gasteiger partial charge in [0.2, 0.25) is 11.9 Å². The van der Waals surface area contributed by atoms with Crippen molar-refractivity contribution in [1.29, 1.82) is 0 Å². The van der Waals surface area contributed by atoms with Gasteiger partial charge in [0, 0.05) is 20.6 Å². The first-order chi connectivity index (χ1) is 12.9. The number of urea groups is 1. The van der Waals surface area contributed by atoms with Gasteiger partial charge in [-0.2, -0.15) is 0 Å². The SMILES string of the molecule is CC1=NN(CCN2CCCCC2)C2=[N+](C1C)C1C(=O)N(C)C(=O)N(C)C1=N2. The van der Waals surface area contributed by atoms with Crippen molar-refractivity contribution >= 4 is 29.4 Å². The zero-order valence-electron chi connectivity index (χ0n) is 16.6. The minimum Gasteiger partial charge on any atom is -0.300 e. The molecule has 4 rings (SSSR count). The van der Waals surface area contributed by atoms with E-state index in [0.717, 1.165) is 31.9 Å². The number of imide groups is 1. The summed E-state index contributed by atoms with van der Waals surface area (Å²) in [4.78, 5) is 35.0. The summed E-state index contributed by atoms with van der Waals surface area (Å²) in [5.74, 6) is 0.940. The highest BCUT2D eigenvalue weighted by Crippen LogP contribution is 2.24. The lowest BCUT2D eigenvalue weighted by atomic mass is 10.1. The zero-order valence-corrected chi connectivity index (χ0v) is 16.6. The number of hydrazone groups is 1. The smallest absolute Gasteiger partial charge is 0.300 e. The average Bonchev–Trinajstić information content (AvgIpc) is 3.08. The van der Waals surface area contributed by atoms with E-state index in [1.807, 2.05) is 23.4 Å². The van der Waals surface area contributed by atoms with Gasteiger partial charge in [-0.05, 0) is 39.8 Å². The van der Waals surface area contributed by atoms with Crippen LogP contribution in [0.25, 0.3) is 0 Å². The van der Waals surface area contributed by atoms with Gasteiger partial charge in [-0.1, -0.05) is 11.4 Å². The summed E-state index contributed by atoms with van der Waals surface area (Å²) in [5.41, 5.74) is 0.948. The number of carbonyl (C=O) groups is 2. The van der Waals surface area contributed by atoms with E-state index in [-0.39, 0.29) is 18.0 Å². The molecule has 4 heterocycles. The first-order valence-corrected chi connectivity index (χ1v) is 9.74. The molecule has 3 amide bonds. The summed E-state index contributed by atoms with van der Waals surface area (Å²) >= 11 is 0. The first-order valence-electron chi connectivity index (χ1n) is 9.74. The van der Waals surface area contributed by atoms with Crippen molar-refractivity contribution in [2.75, 3.05) is 40.3 Å². The Morgan fingerprint density at radius 2 is 1.78 bits per heavy atom. The maximum Gasteiger partial charge on any atom is 0.416 e. The lowest BCUT2D eigenvalue weighted by Gasteiger charge is -2.34. The Bertz CT molecular complexity index is 766. The van der Waals surface area contributed by atoms with E-state index in [9.17, 15) is 9.59 Å². The van der Waals surface area contributed by atoms with Gasteiger partial charge in [0.05, 0.1) is 5.71 Å². The number of likely N-dealkylation sites (tertiary alicyclic amines) is 1. The molecule has 9 nitrogen and oxygen atoms in total. The van der Waals surface area contributed by atoms with Gasteiger partial charge in [0.25, 0.3) is 5.91 Å². The minimum absolute atomic E-state index is 0.0450. The van der Waals surface area contributed by atoms with E-state index in [1.165, 1.54) is 36.1 Å². The second-order valence-electron chi connectivity index (χ2n) is 7.76. The van der Waals surface area contributed by atoms with Gasteiger partial charge < -0.3 is 4.90 Å². The Hall–Kier alpha value is -2.29. The summed E-state index contributed by atoms with van der Waals surface area (Å²) in [6.45, 7) is 7.91. The van der Waals surface area contributed by atoms with Crippen molar-refractivity contribution in [2.45, 2.75) is 45.2 Å². The van der Waals surface area contributed by atoms with Crippen LogP contribution in [-0.2, 0) is 4.79 Å². The van der Waals surface area contributed by atoms with Crippen molar-refractivity contribution in [3.8, 4) is 0 Å². The highest BCUT2D eigenvalue weighted by atomic mass is 16.2. The van der Waals surface area contributed by atoms with Gasteiger partial charge in [0.15, 0.2) is 0 Å². The minimum atomic E-state index is -0.564. The third-order valence-electron chi connectivity index (χ3n) is 6.06. The fraction of sp³-hybridized carbons (Fsp3) is 0.722. The van der Waals surface area contributed by atoms with Crippen LogP contribution in [0.1, 0.15) is 33.1 Å². The number of hydrogen-bond acceptors (Lipinski definition) is 6. The monoisotopic (exact) mass is 374 g/mol. The van der Waals surface area contributed by atoms with E-state index in [1.54, 1.807) is 7.05 Å². The van der Waals surface area contributed by atoms with E-state index in [4.69, 9.17) is 10.1 Å². The van der Waals surface area contributed by atoms with Crippen LogP contribution in [0.15, 0.2) is 10.1 Å². The van der Waals surface area contributed by atoms with E-state index < -0.39 is 6.04 Å². The number of guanidine groups is 1. The molecule has 4 aliphatic heterocycles. The average molecular weight is 374 g/mol. The van der Waals surface area contributed by atoms with Crippen LogP contribution in [0.5, 0.6) is 0 Å². The first kappa shape index (κ1) is 18.1. The van der Waals surface area contributed by atoms with Crippen LogP contribution < -0.4 is 0 Å². The molecule has 2 unspecified atom stereocenters. The quantitative estimate of drug-likeness (QED) is 0.663. The maximum absolute atomic E-state index is 12.9. The van der Waals surface area contributed by atoms with Crippen molar-refractivity contribution in [2.24, 2.45) is 10.1 Å². The summed E-state index contributed by atoms with van der Waals surface area (Å²) in [5, 5.41) is 6.65. The largest absolute Gasteiger partial charge is 0.416 e. The van der Waals surface area contributed by atoms with Crippen molar-refractivity contribution < 1.29 is 14.2 Å². The second-order valence-corrected chi connectivity index (χ2v) is 7.76. The number of piperidine rings is 1. The molecule has 0 aliphatic carbocycles. The number of amides is 3. The fourth-order valence-corrected chi connectivity index (χ4v) is 4.23. The van der Waals surface area contributed by atoms with Gasteiger partial charge in [0.1, 0.15) is 12.6 Å². The molecular formula is C18H28N7O2+. The molecule has 2 atom stereocenters. The van der Waals surface area contributed by atoms with E-state index >= 15 is 0 Å². The Labute approximate surface area is 159 Å². The van der Waals surface area contributed by atoms with Crippen molar-refractivity contribution in [3.05, 3.63) is 0 Å². The highest BCUT2D eigenvalue weighted by Gasteiger charge is 2.55. The van der Waals surface area contributed by atoms with E-state index in [2.05, 4.69) is 4.90 Å². The van der Waals surface area contributed by atoms with Crippen molar-refractivity contribution in [3.63, 3.8) is 0 Å². The number of amidine groups is 1. The molecule has 2 saturated heterocycles. The van der Waals surface area contributed by atoms with Crippen molar-refractivity contribution in [1.82, 2.24) is 19.7 Å². The Morgan fingerprint density at radius 3 is 2.48 bits per heavy atom. The second kappa shape index (κ2) is 6.70. The number of rotatable bonds is 3. The number of likely N-dealkylation sites (N-methyl/N-ethyl adjacent to an activating group) is 2. The summed E-state index contributed by atoms with van der Waals surface area (Å²) in [6, 6.07) is -0.956. The van der Waals surface area contributed by atoms with Crippen LogP contribution in [0.3, 0.4) is 0 Å². The molecule has 0 aromatic carbocycles. The molecule has 0 aromatic heterocycles. The van der Waals surface area contributed by atoms with E-state index in [0.29, 0.717) is 11.8 Å². The summed E-state index contributed by atoms with van der Waals surface area (Å²) in [7, 11) is 3.20. The molecular weight excluding hydrogens is 346 g/mol. The summed E-state index contributed by atoms with van der Waals surface area (Å²) < 4.78 is 2.01. The molecule has 0 aromatic rings. The predicted molar refractivity (Wildman–Crippen MR) is 102 cm³/mol. The zero-order chi connectivity index (χ0) is 19.3. The molecule has 0 N–H and O–H groups in total. The predicted octanol–water partition coefficient (Wildman–Crippen LogP) is 0.225. The number of carbonyl (C=O) groups excluding carboxylic acids is 2. The Balaban J connectivity index is 1.62. The fourth-order valence-electron chi connectivity index (χ4n) is 4.23. The standard InChI is InChI=1S/C18H28N7O2/c1-12-13(2)25-14-15(21(3)18(27)22(4)16(14)26)19-17(25)24(20-12)11-10-23-8-6-5-7-9-23/h13-14H,5-11H2,1-4H3/q+1. The molecule has 9 heteroatoms. The third kappa shape index (κ3) is 2.84. The van der Waals surface area contributed by atoms with Crippen LogP contribution in [0, 0.1) is 0 Å². The molecule has 4 aliphatic rings. The number of nitrogens with zero attached hydrogens (tertiary/aromatic N) is 7. The van der Waals surface area contributed by atoms with Crippen LogP contribution in [0.4, 0.5) is 4.79 Å². The maximum atomic E-state index is 12.9. The molecule has 2 fully saturated rings. The van der Waals surface area contributed by atoms with Gasteiger partial charge in [-0.25, -0.2) is 9.37 Å². The number of aliphatic imine (C=N–C) groups is 1. The summed E-state index contributed by atoms with van der Waals surface area (Å²) in [6.07, 6.45) is 3.81. The van der Waals surface area contributed by atoms with Crippen LogP contribution in [0.2, 0.25) is 0 Å². The molecule has 0 radical (unpaired) electrons. The molecule has 146 valence electrons. The third-order valence-corrected chi connectivity index (χ3v) is 6.06. The molecule has 0 spiro atoms. The number of fused-ring (bicyclic) bond motifs is 2. The van der Waals surface area contributed by atoms with Gasteiger partial charge in [-0.3, -0.25) is 14.6 Å². The molecule has 0 bridgehead atoms. The lowest BCUT2D eigenvalue weighted by Crippen LogP contribution is -2.63. The van der Waals surface area contributed by atoms with Crippen LogP contribution in [-0.4, -0.2) is 106 Å². The Kier molecular flexibility index (Phi) is 4.49. The topological polar surface area (TPSA) is 74.8 Å². The molecule has 27 heavy (non-hydrogen) atoms. The van der Waals surface area contributed by atoms with Crippen LogP contribution >= 0.6 is 0 Å².